The number of benzene rings is 1. The topological polar surface area (TPSA) is 80.9 Å². The first-order chi connectivity index (χ1) is 12.0. The number of para-hydroxylation sites is 1. The Balaban J connectivity index is 2.00. The van der Waals surface area contributed by atoms with Crippen LogP contribution in [0, 0.1) is 0 Å². The Hall–Kier alpha value is -3.02. The lowest BCUT2D eigenvalue weighted by molar-refractivity contribution is 0.0694. The predicted molar refractivity (Wildman–Crippen MR) is 97.4 cm³/mol. The monoisotopic (exact) mass is 336 g/mol. The number of carboxylic acid groups (broad SMARTS) is 1. The predicted octanol–water partition coefficient (Wildman–Crippen LogP) is 3.84. The molecule has 6 heteroatoms. The Kier molecular flexibility index (Phi) is 4.61. The molecule has 0 aliphatic heterocycles. The number of carbonyl (C=O) groups is 1. The third kappa shape index (κ3) is 3.28. The lowest BCUT2D eigenvalue weighted by Gasteiger charge is -2.08. The van der Waals surface area contributed by atoms with Gasteiger partial charge in [-0.25, -0.2) is 14.8 Å². The summed E-state index contributed by atoms with van der Waals surface area (Å²) in [5.74, 6) is -0.530. The van der Waals surface area contributed by atoms with E-state index in [9.17, 15) is 9.90 Å². The number of nitrogens with zero attached hydrogens (tertiary/aromatic N) is 4. The summed E-state index contributed by atoms with van der Waals surface area (Å²) in [6, 6.07) is 8.04. The standard InChI is InChI=1S/C19H20N4O2/c1-4-23-16-8-6-5-7-13(16)15(22-23)9-10-17-20-11-14(19(24)25)18(21-17)12(2)3/h5-12H,4H2,1-3H3,(H,24,25). The van der Waals surface area contributed by atoms with Gasteiger partial charge < -0.3 is 5.11 Å². The van der Waals surface area contributed by atoms with Gasteiger partial charge in [-0.15, -0.1) is 0 Å². The molecule has 0 amide bonds. The third-order valence-corrected chi connectivity index (χ3v) is 3.99. The molecule has 6 nitrogen and oxygen atoms in total. The van der Waals surface area contributed by atoms with Crippen molar-refractivity contribution in [1.29, 1.82) is 0 Å². The van der Waals surface area contributed by atoms with Crippen LogP contribution in [0.15, 0.2) is 30.5 Å². The summed E-state index contributed by atoms with van der Waals surface area (Å²) in [6.07, 6.45) is 5.01. The average Bonchev–Trinajstić information content (AvgIpc) is 2.97. The molecule has 0 saturated carbocycles. The molecule has 0 radical (unpaired) electrons. The molecule has 25 heavy (non-hydrogen) atoms. The minimum Gasteiger partial charge on any atom is -0.478 e. The van der Waals surface area contributed by atoms with Crippen molar-refractivity contribution in [2.75, 3.05) is 0 Å². The van der Waals surface area contributed by atoms with E-state index in [-0.39, 0.29) is 11.5 Å². The number of fused-ring (bicyclic) bond motifs is 1. The summed E-state index contributed by atoms with van der Waals surface area (Å²) in [4.78, 5) is 19.8. The van der Waals surface area contributed by atoms with Crippen LogP contribution in [0.3, 0.4) is 0 Å². The fraction of sp³-hybridized carbons (Fsp3) is 0.263. The lowest BCUT2D eigenvalue weighted by Crippen LogP contribution is -2.08. The van der Waals surface area contributed by atoms with Gasteiger partial charge >= 0.3 is 5.97 Å². The highest BCUT2D eigenvalue weighted by molar-refractivity contribution is 5.90. The van der Waals surface area contributed by atoms with E-state index in [2.05, 4.69) is 22.0 Å². The van der Waals surface area contributed by atoms with E-state index < -0.39 is 5.97 Å². The maximum absolute atomic E-state index is 11.3. The van der Waals surface area contributed by atoms with Crippen molar-refractivity contribution < 1.29 is 9.90 Å². The molecule has 2 aromatic heterocycles. The van der Waals surface area contributed by atoms with Gasteiger partial charge in [0.15, 0.2) is 5.82 Å². The van der Waals surface area contributed by atoms with E-state index in [0.717, 1.165) is 23.1 Å². The molecular formula is C19H20N4O2. The highest BCUT2D eigenvalue weighted by Gasteiger charge is 2.15. The molecule has 1 N–H and O–H groups in total. The number of hydrogen-bond donors (Lipinski definition) is 1. The fourth-order valence-electron chi connectivity index (χ4n) is 2.77. The molecule has 2 heterocycles. The number of aryl methyl sites for hydroxylation is 1. The maximum Gasteiger partial charge on any atom is 0.339 e. The van der Waals surface area contributed by atoms with Gasteiger partial charge in [0.25, 0.3) is 0 Å². The van der Waals surface area contributed by atoms with Crippen LogP contribution in [0.25, 0.3) is 23.1 Å². The van der Waals surface area contributed by atoms with E-state index in [4.69, 9.17) is 0 Å². The van der Waals surface area contributed by atoms with Gasteiger partial charge in [0.2, 0.25) is 0 Å². The molecule has 0 spiro atoms. The zero-order valence-corrected chi connectivity index (χ0v) is 14.5. The molecule has 0 unspecified atom stereocenters. The van der Waals surface area contributed by atoms with Crippen LogP contribution in [0.1, 0.15) is 54.3 Å². The number of aromatic nitrogens is 4. The third-order valence-electron chi connectivity index (χ3n) is 3.99. The van der Waals surface area contributed by atoms with Crippen molar-refractivity contribution >= 4 is 29.0 Å². The molecule has 3 rings (SSSR count). The van der Waals surface area contributed by atoms with E-state index in [1.54, 1.807) is 6.08 Å². The van der Waals surface area contributed by atoms with Crippen LogP contribution in [0.4, 0.5) is 0 Å². The van der Waals surface area contributed by atoms with E-state index >= 15 is 0 Å². The molecule has 0 bridgehead atoms. The number of aromatic carboxylic acids is 1. The molecular weight excluding hydrogens is 316 g/mol. The Morgan fingerprint density at radius 2 is 2.04 bits per heavy atom. The van der Waals surface area contributed by atoms with Crippen molar-refractivity contribution in [2.45, 2.75) is 33.2 Å². The fourth-order valence-corrected chi connectivity index (χ4v) is 2.77. The van der Waals surface area contributed by atoms with Crippen molar-refractivity contribution in [2.24, 2.45) is 0 Å². The van der Waals surface area contributed by atoms with Crippen molar-refractivity contribution in [3.05, 3.63) is 53.2 Å². The summed E-state index contributed by atoms with van der Waals surface area (Å²) >= 11 is 0. The largest absolute Gasteiger partial charge is 0.478 e. The molecule has 0 aliphatic rings. The van der Waals surface area contributed by atoms with Gasteiger partial charge in [-0.2, -0.15) is 5.10 Å². The van der Waals surface area contributed by atoms with Crippen LogP contribution in [-0.2, 0) is 6.54 Å². The van der Waals surface area contributed by atoms with Crippen LogP contribution in [0.2, 0.25) is 0 Å². The highest BCUT2D eigenvalue weighted by atomic mass is 16.4. The number of hydrogen-bond acceptors (Lipinski definition) is 4. The van der Waals surface area contributed by atoms with Crippen molar-refractivity contribution in [1.82, 2.24) is 19.7 Å². The Labute approximate surface area is 145 Å². The summed E-state index contributed by atoms with van der Waals surface area (Å²) in [5, 5.41) is 14.9. The molecule has 0 aliphatic carbocycles. The Bertz CT molecular complexity index is 957. The van der Waals surface area contributed by atoms with Gasteiger partial charge in [-0.05, 0) is 31.1 Å². The van der Waals surface area contributed by atoms with E-state index in [1.165, 1.54) is 6.20 Å². The summed E-state index contributed by atoms with van der Waals surface area (Å²) in [7, 11) is 0. The SMILES string of the molecule is CCn1nc(C=Cc2ncc(C(=O)O)c(C(C)C)n2)c2ccccc21. The minimum absolute atomic E-state index is 0.00128. The summed E-state index contributed by atoms with van der Waals surface area (Å²) in [6.45, 7) is 6.67. The molecule has 0 saturated heterocycles. The van der Waals surface area contributed by atoms with Gasteiger partial charge in [-0.1, -0.05) is 32.0 Å². The van der Waals surface area contributed by atoms with Crippen molar-refractivity contribution in [3.63, 3.8) is 0 Å². The highest BCUT2D eigenvalue weighted by Crippen LogP contribution is 2.21. The van der Waals surface area contributed by atoms with Gasteiger partial charge in [-0.3, -0.25) is 4.68 Å². The second kappa shape index (κ2) is 6.84. The minimum atomic E-state index is -1.01. The van der Waals surface area contributed by atoms with Gasteiger partial charge in [0.05, 0.1) is 22.5 Å². The number of carboxylic acids is 1. The van der Waals surface area contributed by atoms with Gasteiger partial charge in [0, 0.05) is 18.1 Å². The zero-order chi connectivity index (χ0) is 18.0. The first kappa shape index (κ1) is 16.8. The maximum atomic E-state index is 11.3. The zero-order valence-electron chi connectivity index (χ0n) is 14.5. The van der Waals surface area contributed by atoms with Gasteiger partial charge in [0.1, 0.15) is 0 Å². The van der Waals surface area contributed by atoms with Crippen LogP contribution < -0.4 is 0 Å². The molecule has 3 aromatic rings. The lowest BCUT2D eigenvalue weighted by atomic mass is 10.1. The Morgan fingerprint density at radius 1 is 1.28 bits per heavy atom. The van der Waals surface area contributed by atoms with Crippen LogP contribution >= 0.6 is 0 Å². The Morgan fingerprint density at radius 3 is 2.72 bits per heavy atom. The van der Waals surface area contributed by atoms with E-state index in [0.29, 0.717) is 11.5 Å². The molecule has 1 aromatic carbocycles. The summed E-state index contributed by atoms with van der Waals surface area (Å²) < 4.78 is 1.95. The molecule has 0 atom stereocenters. The van der Waals surface area contributed by atoms with Crippen LogP contribution in [-0.4, -0.2) is 30.8 Å². The normalized spacial score (nSPS) is 11.7. The quantitative estimate of drug-likeness (QED) is 0.765. The van der Waals surface area contributed by atoms with E-state index in [1.807, 2.05) is 48.9 Å². The van der Waals surface area contributed by atoms with Crippen molar-refractivity contribution in [3.8, 4) is 0 Å². The average molecular weight is 336 g/mol. The summed E-state index contributed by atoms with van der Waals surface area (Å²) in [5.41, 5.74) is 2.60. The second-order valence-electron chi connectivity index (χ2n) is 6.04. The second-order valence-corrected chi connectivity index (χ2v) is 6.04. The van der Waals surface area contributed by atoms with Crippen LogP contribution in [0.5, 0.6) is 0 Å². The smallest absolute Gasteiger partial charge is 0.339 e. The molecule has 128 valence electrons. The number of rotatable bonds is 5. The molecule has 0 fully saturated rings. The first-order valence-electron chi connectivity index (χ1n) is 8.25. The first-order valence-corrected chi connectivity index (χ1v) is 8.25.